The van der Waals surface area contributed by atoms with E-state index in [0.717, 1.165) is 25.3 Å². The van der Waals surface area contributed by atoms with E-state index in [4.69, 9.17) is 0 Å². The van der Waals surface area contributed by atoms with Gasteiger partial charge in [-0.25, -0.2) is 4.98 Å². The largest absolute Gasteiger partial charge is 0.313 e. The average molecular weight is 248 g/mol. The van der Waals surface area contributed by atoms with E-state index in [0.29, 0.717) is 6.54 Å². The quantitative estimate of drug-likeness (QED) is 0.771. The van der Waals surface area contributed by atoms with Crippen LogP contribution >= 0.6 is 0 Å². The highest BCUT2D eigenvalue weighted by atomic mass is 15.4. The smallest absolute Gasteiger partial charge is 0.148 e. The first-order valence-corrected chi connectivity index (χ1v) is 6.27. The maximum absolute atomic E-state index is 4.41. The molecule has 2 rings (SSSR count). The van der Waals surface area contributed by atoms with Gasteiger partial charge in [-0.05, 0) is 19.9 Å². The van der Waals surface area contributed by atoms with Crippen molar-refractivity contribution in [2.75, 3.05) is 6.54 Å². The zero-order valence-electron chi connectivity index (χ0n) is 11.2. The summed E-state index contributed by atoms with van der Waals surface area (Å²) in [6.07, 6.45) is 4.64. The van der Waals surface area contributed by atoms with Crippen molar-refractivity contribution in [2.45, 2.75) is 33.4 Å². The lowest BCUT2D eigenvalue weighted by Crippen LogP contribution is -2.15. The molecule has 18 heavy (non-hydrogen) atoms. The summed E-state index contributed by atoms with van der Waals surface area (Å²) in [5, 5.41) is 11.9. The fourth-order valence-electron chi connectivity index (χ4n) is 1.82. The predicted molar refractivity (Wildman–Crippen MR) is 69.1 cm³/mol. The van der Waals surface area contributed by atoms with Crippen molar-refractivity contribution in [3.63, 3.8) is 0 Å². The minimum absolute atomic E-state index is 0.663. The van der Waals surface area contributed by atoms with Crippen LogP contribution < -0.4 is 5.32 Å². The predicted octanol–water partition coefficient (Wildman–Crippen LogP) is 0.868. The third-order valence-electron chi connectivity index (χ3n) is 3.04. The molecular weight excluding hydrogens is 228 g/mol. The van der Waals surface area contributed by atoms with E-state index in [-0.39, 0.29) is 0 Å². The fraction of sp³-hybridized carbons (Fsp3) is 0.583. The van der Waals surface area contributed by atoms with Gasteiger partial charge in [0, 0.05) is 24.8 Å². The normalized spacial score (nSPS) is 11.1. The van der Waals surface area contributed by atoms with Gasteiger partial charge in [0.25, 0.3) is 0 Å². The van der Waals surface area contributed by atoms with Gasteiger partial charge in [-0.15, -0.1) is 0 Å². The molecule has 0 aliphatic carbocycles. The maximum Gasteiger partial charge on any atom is 0.148 e. The summed E-state index contributed by atoms with van der Waals surface area (Å²) in [7, 11) is 1.89. The topological polar surface area (TPSA) is 60.6 Å². The van der Waals surface area contributed by atoms with Crippen LogP contribution in [-0.4, -0.2) is 31.1 Å². The van der Waals surface area contributed by atoms with Crippen LogP contribution in [0.1, 0.15) is 30.4 Å². The summed E-state index contributed by atoms with van der Waals surface area (Å²) < 4.78 is 3.74. The van der Waals surface area contributed by atoms with Gasteiger partial charge < -0.3 is 5.32 Å². The molecule has 0 aliphatic rings. The summed E-state index contributed by atoms with van der Waals surface area (Å²) in [4.78, 5) is 4.21. The molecular formula is C12H20N6. The van der Waals surface area contributed by atoms with Gasteiger partial charge in [0.2, 0.25) is 0 Å². The number of nitrogens with zero attached hydrogens (tertiary/aromatic N) is 5. The van der Waals surface area contributed by atoms with E-state index in [1.165, 1.54) is 11.3 Å². The monoisotopic (exact) mass is 248 g/mol. The Kier molecular flexibility index (Phi) is 4.09. The van der Waals surface area contributed by atoms with Crippen molar-refractivity contribution < 1.29 is 0 Å². The van der Waals surface area contributed by atoms with Crippen LogP contribution in [0.2, 0.25) is 0 Å². The molecule has 0 aromatic carbocycles. The van der Waals surface area contributed by atoms with Crippen LogP contribution in [0.5, 0.6) is 0 Å². The zero-order chi connectivity index (χ0) is 13.0. The number of rotatable bonds is 6. The first-order valence-electron chi connectivity index (χ1n) is 6.27. The molecule has 0 fully saturated rings. The van der Waals surface area contributed by atoms with Crippen molar-refractivity contribution in [2.24, 2.45) is 7.05 Å². The van der Waals surface area contributed by atoms with Crippen LogP contribution in [0.15, 0.2) is 12.5 Å². The van der Waals surface area contributed by atoms with Crippen LogP contribution in [0.3, 0.4) is 0 Å². The van der Waals surface area contributed by atoms with Crippen LogP contribution in [0.4, 0.5) is 0 Å². The molecule has 2 heterocycles. The first kappa shape index (κ1) is 12.8. The summed E-state index contributed by atoms with van der Waals surface area (Å²) in [5.41, 5.74) is 2.42. The molecule has 98 valence electrons. The molecule has 0 spiro atoms. The van der Waals surface area contributed by atoms with Crippen molar-refractivity contribution in [1.29, 1.82) is 0 Å². The van der Waals surface area contributed by atoms with Crippen LogP contribution in [0.25, 0.3) is 0 Å². The Hall–Kier alpha value is -1.69. The maximum atomic E-state index is 4.41. The molecule has 0 aliphatic heterocycles. The highest BCUT2D eigenvalue weighted by Crippen LogP contribution is 2.08. The first-order chi connectivity index (χ1) is 8.72. The molecule has 0 bridgehead atoms. The van der Waals surface area contributed by atoms with Crippen molar-refractivity contribution >= 4 is 0 Å². The molecule has 0 unspecified atom stereocenters. The number of hydrogen-bond acceptors (Lipinski definition) is 4. The SMILES string of the molecule is CCCNCc1cnn(Cc2ncnn2C)c1C. The Bertz CT molecular complexity index is 498. The highest BCUT2D eigenvalue weighted by molar-refractivity contribution is 5.16. The van der Waals surface area contributed by atoms with E-state index in [9.17, 15) is 0 Å². The van der Waals surface area contributed by atoms with Gasteiger partial charge in [-0.2, -0.15) is 10.2 Å². The average Bonchev–Trinajstić information content (AvgIpc) is 2.90. The van der Waals surface area contributed by atoms with Crippen molar-refractivity contribution in [3.05, 3.63) is 29.6 Å². The molecule has 0 amide bonds. The third kappa shape index (κ3) is 2.76. The Labute approximate surface area is 107 Å². The lowest BCUT2D eigenvalue weighted by atomic mass is 10.2. The van der Waals surface area contributed by atoms with Gasteiger partial charge in [0.15, 0.2) is 0 Å². The van der Waals surface area contributed by atoms with Crippen molar-refractivity contribution in [3.8, 4) is 0 Å². The second kappa shape index (κ2) is 5.77. The standard InChI is InChI=1S/C12H20N6/c1-4-5-13-6-11-7-15-18(10(11)2)8-12-14-9-16-17(12)3/h7,9,13H,4-6,8H2,1-3H3. The molecule has 2 aromatic rings. The van der Waals surface area contributed by atoms with Gasteiger partial charge >= 0.3 is 0 Å². The minimum atomic E-state index is 0.663. The van der Waals surface area contributed by atoms with E-state index < -0.39 is 0 Å². The molecule has 0 saturated carbocycles. The molecule has 0 saturated heterocycles. The Balaban J connectivity index is 2.04. The number of aryl methyl sites for hydroxylation is 1. The molecule has 1 N–H and O–H groups in total. The summed E-state index contributed by atoms with van der Waals surface area (Å²) in [5.74, 6) is 0.911. The van der Waals surface area contributed by atoms with E-state index in [1.54, 1.807) is 11.0 Å². The van der Waals surface area contributed by atoms with Gasteiger partial charge in [0.1, 0.15) is 18.7 Å². The van der Waals surface area contributed by atoms with E-state index in [2.05, 4.69) is 34.3 Å². The van der Waals surface area contributed by atoms with E-state index >= 15 is 0 Å². The molecule has 0 radical (unpaired) electrons. The summed E-state index contributed by atoms with van der Waals surface area (Å²) >= 11 is 0. The van der Waals surface area contributed by atoms with Crippen LogP contribution in [-0.2, 0) is 20.1 Å². The van der Waals surface area contributed by atoms with Gasteiger partial charge in [-0.1, -0.05) is 6.92 Å². The van der Waals surface area contributed by atoms with Gasteiger partial charge in [-0.3, -0.25) is 9.36 Å². The second-order valence-corrected chi connectivity index (χ2v) is 4.39. The summed E-state index contributed by atoms with van der Waals surface area (Å²) in [6.45, 7) is 6.83. The minimum Gasteiger partial charge on any atom is -0.313 e. The zero-order valence-corrected chi connectivity index (χ0v) is 11.2. The number of aromatic nitrogens is 5. The molecule has 6 heteroatoms. The fourth-order valence-corrected chi connectivity index (χ4v) is 1.82. The molecule has 2 aromatic heterocycles. The molecule has 0 atom stereocenters. The van der Waals surface area contributed by atoms with Crippen molar-refractivity contribution in [1.82, 2.24) is 29.9 Å². The lowest BCUT2D eigenvalue weighted by molar-refractivity contribution is 0.593. The Morgan fingerprint density at radius 2 is 2.17 bits per heavy atom. The van der Waals surface area contributed by atoms with Crippen LogP contribution in [0, 0.1) is 6.92 Å². The van der Waals surface area contributed by atoms with E-state index in [1.807, 2.05) is 17.9 Å². The highest BCUT2D eigenvalue weighted by Gasteiger charge is 2.08. The Morgan fingerprint density at radius 1 is 1.33 bits per heavy atom. The third-order valence-corrected chi connectivity index (χ3v) is 3.04. The molecule has 6 nitrogen and oxygen atoms in total. The number of hydrogen-bond donors (Lipinski definition) is 1. The lowest BCUT2D eigenvalue weighted by Gasteiger charge is -2.05. The summed E-state index contributed by atoms with van der Waals surface area (Å²) in [6, 6.07) is 0. The second-order valence-electron chi connectivity index (χ2n) is 4.39. The Morgan fingerprint density at radius 3 is 2.83 bits per heavy atom. The van der Waals surface area contributed by atoms with Gasteiger partial charge in [0.05, 0.1) is 6.20 Å². The number of nitrogens with one attached hydrogen (secondary N) is 1.